The summed E-state index contributed by atoms with van der Waals surface area (Å²) in [5, 5.41) is 3.75. The van der Waals surface area contributed by atoms with Crippen LogP contribution >= 0.6 is 0 Å². The van der Waals surface area contributed by atoms with Gasteiger partial charge in [-0.2, -0.15) is 0 Å². The molecule has 2 heteroatoms. The highest BCUT2D eigenvalue weighted by Crippen LogP contribution is 2.62. The van der Waals surface area contributed by atoms with Crippen molar-refractivity contribution >= 4 is 0 Å². The lowest BCUT2D eigenvalue weighted by molar-refractivity contribution is 0.217. The molecule has 1 N–H and O–H groups in total. The molecule has 0 radical (unpaired) electrons. The molecule has 21 heavy (non-hydrogen) atoms. The van der Waals surface area contributed by atoms with Gasteiger partial charge in [0.25, 0.3) is 0 Å². The van der Waals surface area contributed by atoms with Crippen LogP contribution in [0.5, 0.6) is 0 Å². The first-order valence-electron chi connectivity index (χ1n) is 8.52. The zero-order valence-corrected chi connectivity index (χ0v) is 12.8. The summed E-state index contributed by atoms with van der Waals surface area (Å²) >= 11 is 0. The van der Waals surface area contributed by atoms with Gasteiger partial charge in [-0.1, -0.05) is 31.2 Å². The second-order valence-electron chi connectivity index (χ2n) is 6.71. The van der Waals surface area contributed by atoms with Crippen LogP contribution in [0.2, 0.25) is 0 Å². The monoisotopic (exact) mass is 283 g/mol. The van der Waals surface area contributed by atoms with Crippen molar-refractivity contribution in [1.29, 1.82) is 0 Å². The van der Waals surface area contributed by atoms with Gasteiger partial charge in [-0.3, -0.25) is 0 Å². The maximum Gasteiger partial charge on any atom is 0.0876 e. The van der Waals surface area contributed by atoms with E-state index in [0.29, 0.717) is 6.04 Å². The molecule has 3 aliphatic rings. The second-order valence-corrected chi connectivity index (χ2v) is 6.71. The van der Waals surface area contributed by atoms with E-state index < -0.39 is 0 Å². The van der Waals surface area contributed by atoms with Gasteiger partial charge in [-0.15, -0.1) is 0 Å². The maximum atomic E-state index is 5.61. The highest BCUT2D eigenvalue weighted by molar-refractivity contribution is 5.41. The lowest BCUT2D eigenvalue weighted by Crippen LogP contribution is -2.34. The lowest BCUT2D eigenvalue weighted by atomic mass is 9.92. The quantitative estimate of drug-likeness (QED) is 0.911. The number of hydrogen-bond donors (Lipinski definition) is 1. The molecule has 1 fully saturated rings. The van der Waals surface area contributed by atoms with Gasteiger partial charge in [0.15, 0.2) is 0 Å². The van der Waals surface area contributed by atoms with Gasteiger partial charge in [0.1, 0.15) is 0 Å². The van der Waals surface area contributed by atoms with Crippen molar-refractivity contribution in [3.05, 3.63) is 47.2 Å². The summed E-state index contributed by atoms with van der Waals surface area (Å²) < 4.78 is 5.61. The molecule has 0 aromatic heterocycles. The Hall–Kier alpha value is -1.28. The van der Waals surface area contributed by atoms with E-state index in [-0.39, 0.29) is 0 Å². The average Bonchev–Trinajstić information content (AvgIpc) is 3.28. The summed E-state index contributed by atoms with van der Waals surface area (Å²) in [7, 11) is 0. The van der Waals surface area contributed by atoms with Crippen molar-refractivity contribution in [2.24, 2.45) is 11.8 Å². The second kappa shape index (κ2) is 5.49. The number of likely N-dealkylation sites (N-methyl/N-ethyl adjacent to an activating group) is 1. The van der Waals surface area contributed by atoms with Gasteiger partial charge in [0.2, 0.25) is 0 Å². The van der Waals surface area contributed by atoms with Crippen molar-refractivity contribution in [3.8, 4) is 0 Å². The molecule has 1 heterocycles. The third kappa shape index (κ3) is 2.30. The fourth-order valence-electron chi connectivity index (χ4n) is 4.62. The highest BCUT2D eigenvalue weighted by atomic mass is 16.5. The first kappa shape index (κ1) is 13.4. The van der Waals surface area contributed by atoms with E-state index in [1.54, 1.807) is 11.1 Å². The van der Waals surface area contributed by atoms with Gasteiger partial charge in [0.05, 0.1) is 12.9 Å². The number of nitrogens with one attached hydrogen (secondary N) is 1. The molecule has 112 valence electrons. The summed E-state index contributed by atoms with van der Waals surface area (Å²) in [6, 6.07) is 9.61. The predicted octanol–water partition coefficient (Wildman–Crippen LogP) is 3.63. The Kier molecular flexibility index (Phi) is 3.50. The lowest BCUT2D eigenvalue weighted by Gasteiger charge is -2.24. The van der Waals surface area contributed by atoms with Gasteiger partial charge in [0, 0.05) is 6.04 Å². The van der Waals surface area contributed by atoms with Crippen molar-refractivity contribution in [2.45, 2.75) is 44.6 Å². The zero-order chi connectivity index (χ0) is 14.2. The average molecular weight is 283 g/mol. The molecule has 4 unspecified atom stereocenters. The largest absolute Gasteiger partial charge is 0.501 e. The molecule has 1 aliphatic heterocycles. The van der Waals surface area contributed by atoms with E-state index in [2.05, 4.69) is 36.5 Å². The minimum Gasteiger partial charge on any atom is -0.501 e. The molecule has 1 aromatic carbocycles. The Bertz CT molecular complexity index is 550. The van der Waals surface area contributed by atoms with Crippen LogP contribution < -0.4 is 5.32 Å². The van der Waals surface area contributed by atoms with E-state index in [1.807, 2.05) is 6.26 Å². The van der Waals surface area contributed by atoms with Crippen LogP contribution in [0.1, 0.15) is 43.2 Å². The van der Waals surface area contributed by atoms with E-state index in [1.165, 1.54) is 31.3 Å². The Labute approximate surface area is 127 Å². The molecule has 0 bridgehead atoms. The Morgan fingerprint density at radius 3 is 3.00 bits per heavy atom. The summed E-state index contributed by atoms with van der Waals surface area (Å²) in [6.45, 7) is 4.15. The summed E-state index contributed by atoms with van der Waals surface area (Å²) in [5.41, 5.74) is 4.71. The minimum atomic E-state index is 0.524. The molecule has 1 aromatic rings. The fraction of sp³-hybridized carbons (Fsp3) is 0.579. The summed E-state index contributed by atoms with van der Waals surface area (Å²) in [5.74, 6) is 2.44. The van der Waals surface area contributed by atoms with Crippen LogP contribution in [0.15, 0.2) is 36.1 Å². The third-order valence-electron chi connectivity index (χ3n) is 5.56. The number of hydrogen-bond acceptors (Lipinski definition) is 2. The molecule has 2 aliphatic carbocycles. The first-order valence-corrected chi connectivity index (χ1v) is 8.52. The molecule has 1 saturated carbocycles. The van der Waals surface area contributed by atoms with E-state index >= 15 is 0 Å². The predicted molar refractivity (Wildman–Crippen MR) is 85.2 cm³/mol. The molecule has 0 amide bonds. The van der Waals surface area contributed by atoms with Crippen LogP contribution in [0.25, 0.3) is 0 Å². The van der Waals surface area contributed by atoms with Gasteiger partial charge < -0.3 is 10.1 Å². The Morgan fingerprint density at radius 1 is 1.29 bits per heavy atom. The van der Waals surface area contributed by atoms with Crippen LogP contribution in [-0.4, -0.2) is 19.2 Å². The maximum absolute atomic E-state index is 5.61. The number of benzene rings is 1. The Morgan fingerprint density at radius 2 is 2.19 bits per heavy atom. The Balaban J connectivity index is 1.60. The topological polar surface area (TPSA) is 21.3 Å². The summed E-state index contributed by atoms with van der Waals surface area (Å²) in [4.78, 5) is 0. The SMILES string of the molecule is CCNC(C1=COCCC1)C1C2CCc3ccccc3C21. The number of aryl methyl sites for hydroxylation is 1. The van der Waals surface area contributed by atoms with Gasteiger partial charge in [-0.05, 0) is 66.7 Å². The highest BCUT2D eigenvalue weighted by Gasteiger charge is 2.56. The normalized spacial score (nSPS) is 31.5. The zero-order valence-electron chi connectivity index (χ0n) is 12.8. The fourth-order valence-corrected chi connectivity index (χ4v) is 4.62. The smallest absolute Gasteiger partial charge is 0.0876 e. The molecule has 0 saturated heterocycles. The molecular formula is C19H25NO. The van der Waals surface area contributed by atoms with Crippen LogP contribution in [0.3, 0.4) is 0 Å². The van der Waals surface area contributed by atoms with Crippen molar-refractivity contribution in [1.82, 2.24) is 5.32 Å². The first-order chi connectivity index (χ1) is 10.4. The van der Waals surface area contributed by atoms with Crippen LogP contribution in [0, 0.1) is 11.8 Å². The molecule has 4 rings (SSSR count). The summed E-state index contributed by atoms with van der Waals surface area (Å²) in [6.07, 6.45) is 7.05. The van der Waals surface area contributed by atoms with Gasteiger partial charge >= 0.3 is 0 Å². The van der Waals surface area contributed by atoms with E-state index in [0.717, 1.165) is 30.9 Å². The van der Waals surface area contributed by atoms with E-state index in [4.69, 9.17) is 4.74 Å². The van der Waals surface area contributed by atoms with Crippen LogP contribution in [0.4, 0.5) is 0 Å². The van der Waals surface area contributed by atoms with Crippen molar-refractivity contribution in [3.63, 3.8) is 0 Å². The molecule has 0 spiro atoms. The molecule has 2 nitrogen and oxygen atoms in total. The van der Waals surface area contributed by atoms with E-state index in [9.17, 15) is 0 Å². The van der Waals surface area contributed by atoms with Crippen molar-refractivity contribution in [2.75, 3.05) is 13.2 Å². The molecule has 4 atom stereocenters. The number of rotatable bonds is 4. The third-order valence-corrected chi connectivity index (χ3v) is 5.56. The van der Waals surface area contributed by atoms with Crippen molar-refractivity contribution < 1.29 is 4.74 Å². The van der Waals surface area contributed by atoms with Gasteiger partial charge in [-0.25, -0.2) is 0 Å². The van der Waals surface area contributed by atoms with Crippen LogP contribution in [-0.2, 0) is 11.2 Å². The number of fused-ring (bicyclic) bond motifs is 3. The minimum absolute atomic E-state index is 0.524. The number of ether oxygens (including phenoxy) is 1. The standard InChI is InChI=1S/C19H25NO/c1-2-20-19(14-7-5-11-21-12-14)18-16-10-9-13-6-3-4-8-15(13)17(16)18/h3-4,6,8,12,16-20H,2,5,7,9-11H2,1H3. The molecular weight excluding hydrogens is 258 g/mol.